The lowest BCUT2D eigenvalue weighted by Gasteiger charge is -2.42. The van der Waals surface area contributed by atoms with Gasteiger partial charge in [0.15, 0.2) is 34.9 Å². The summed E-state index contributed by atoms with van der Waals surface area (Å²) in [5.74, 6) is 7.31. The zero-order valence-electron chi connectivity index (χ0n) is 64.8. The van der Waals surface area contributed by atoms with Crippen molar-refractivity contribution in [3.8, 4) is 158 Å². The monoisotopic (exact) mass is 1530 g/mol. The van der Waals surface area contributed by atoms with Gasteiger partial charge in [0, 0.05) is 67.5 Å². The quantitative estimate of drug-likeness (QED) is 0.134. The third-order valence-corrected chi connectivity index (χ3v) is 26.0. The van der Waals surface area contributed by atoms with E-state index < -0.39 is 10.8 Å². The SMILES string of the molecule is c1ccc(-c2nc(-c3ccc(-c4ccc5c(c4)C4c6ccccc6C5c5cc(-c6ccc(-c7nc(-c8ccccc8)nc(-c8ccc(-c9ccc%10c(c9)C9(c%11ccccc%11Oc%11ccccc%119)c9ccccc9-%10)cc8)n7)cc6)ccc54)cc3)nc(-c3ccc(-c4ccc5c(c4)C4(c6ccccc6Oc6ccccc64)c4ccccc4-5)cc3)n2)cc1. The Morgan fingerprint density at radius 2 is 0.383 bits per heavy atom. The highest BCUT2D eigenvalue weighted by Gasteiger charge is 2.53. The Kier molecular flexibility index (Phi) is 14.9. The first kappa shape index (κ1) is 67.7. The van der Waals surface area contributed by atoms with Crippen LogP contribution in [0.15, 0.2) is 400 Å². The second-order valence-electron chi connectivity index (χ2n) is 32.1. The highest BCUT2D eigenvalue weighted by molar-refractivity contribution is 5.93. The van der Waals surface area contributed by atoms with Crippen LogP contribution in [0, 0.1) is 0 Å². The molecule has 0 saturated heterocycles. The van der Waals surface area contributed by atoms with Crippen LogP contribution >= 0.6 is 0 Å². The first-order chi connectivity index (χ1) is 59.4. The summed E-state index contributed by atoms with van der Waals surface area (Å²) < 4.78 is 13.3. The molecule has 0 amide bonds. The average Bonchev–Trinajstić information content (AvgIpc) is 1.48. The summed E-state index contributed by atoms with van der Waals surface area (Å²) in [5.41, 5.74) is 36.0. The molecule has 0 saturated carbocycles. The van der Waals surface area contributed by atoms with E-state index in [0.29, 0.717) is 34.9 Å². The molecule has 0 radical (unpaired) electrons. The Labute approximate surface area is 693 Å². The molecule has 2 atom stereocenters. The van der Waals surface area contributed by atoms with Gasteiger partial charge in [0.05, 0.1) is 10.8 Å². The number of ether oxygens (including phenoxy) is 2. The molecule has 4 heterocycles. The largest absolute Gasteiger partial charge is 0.457 e. The minimum atomic E-state index is -0.558. The van der Waals surface area contributed by atoms with Crippen molar-refractivity contribution in [2.45, 2.75) is 22.7 Å². The van der Waals surface area contributed by atoms with Gasteiger partial charge in [-0.05, 0) is 171 Å². The van der Waals surface area contributed by atoms with Gasteiger partial charge < -0.3 is 9.47 Å². The fourth-order valence-electron chi connectivity index (χ4n) is 20.6. The molecule has 17 aromatic carbocycles. The summed E-state index contributed by atoms with van der Waals surface area (Å²) in [6, 6.07) is 144. The summed E-state index contributed by atoms with van der Waals surface area (Å²) in [6.07, 6.45) is 0. The van der Waals surface area contributed by atoms with Crippen LogP contribution < -0.4 is 9.47 Å². The molecule has 558 valence electrons. The topological polar surface area (TPSA) is 95.8 Å². The predicted molar refractivity (Wildman–Crippen MR) is 477 cm³/mol. The van der Waals surface area contributed by atoms with Crippen molar-refractivity contribution in [3.63, 3.8) is 0 Å². The third-order valence-electron chi connectivity index (χ3n) is 26.0. The van der Waals surface area contributed by atoms with E-state index in [1.807, 2.05) is 36.4 Å². The minimum absolute atomic E-state index is 0.0699. The zero-order chi connectivity index (χ0) is 78.7. The number of aromatic nitrogens is 6. The first-order valence-electron chi connectivity index (χ1n) is 41.1. The van der Waals surface area contributed by atoms with Gasteiger partial charge >= 0.3 is 0 Å². The van der Waals surface area contributed by atoms with Gasteiger partial charge in [0.25, 0.3) is 0 Å². The number of para-hydroxylation sites is 4. The second kappa shape index (κ2) is 26.4. The molecular weight excluding hydrogens is 1460 g/mol. The van der Waals surface area contributed by atoms with E-state index in [1.165, 1.54) is 77.9 Å². The average molecular weight is 1530 g/mol. The molecule has 120 heavy (non-hydrogen) atoms. The number of fused-ring (bicyclic) bond motifs is 18. The molecule has 2 aromatic heterocycles. The van der Waals surface area contributed by atoms with Gasteiger partial charge in [-0.15, -0.1) is 0 Å². The lowest BCUT2D eigenvalue weighted by Crippen LogP contribution is -2.32. The Morgan fingerprint density at radius 3 is 0.708 bits per heavy atom. The van der Waals surface area contributed by atoms with Gasteiger partial charge in [0.1, 0.15) is 23.0 Å². The standard InChI is InChI=1S/C112H68N6O2/c1-3-21-71(22-4-1)105-113-107(117-109(115-105)75-51-43-69(44-52-75)79-55-59-83-81-25-9-11-29-91(81)111(97(83)65-79)93-31-13-17-35-99(93)119-100-36-18-14-32-94(100)111)73-47-39-67(40-48-73)77-57-61-87-89(63-77)103-85-27-7-8-28-86(85)104(87)90-64-78(58-62-88(90)103)68-41-49-74(50-42-68)108-114-106(72-23-5-2-6-24-72)116-110(118-108)76-53-45-70(46-54-76)80-56-60-84-82-26-10-12-30-92(82)112(98(84)66-80)95-33-15-19-37-101(95)120-102-38-20-16-34-96(102)112/h1-66,103-104H. The molecule has 5 aliphatic carbocycles. The molecule has 8 heteroatoms. The summed E-state index contributed by atoms with van der Waals surface area (Å²) in [5, 5.41) is 0. The predicted octanol–water partition coefficient (Wildman–Crippen LogP) is 26.7. The molecule has 2 spiro atoms. The van der Waals surface area contributed by atoms with E-state index in [-0.39, 0.29) is 11.8 Å². The van der Waals surface area contributed by atoms with Gasteiger partial charge in [-0.2, -0.15) is 0 Å². The molecule has 2 bridgehead atoms. The molecule has 2 aliphatic heterocycles. The smallest absolute Gasteiger partial charge is 0.164 e. The lowest BCUT2D eigenvalue weighted by atomic mass is 9.60. The van der Waals surface area contributed by atoms with Crippen LogP contribution in [0.2, 0.25) is 0 Å². The van der Waals surface area contributed by atoms with Crippen molar-refractivity contribution in [1.29, 1.82) is 0 Å². The Hall–Kier alpha value is -15.6. The number of benzene rings is 17. The van der Waals surface area contributed by atoms with Gasteiger partial charge in [-0.25, -0.2) is 29.9 Å². The van der Waals surface area contributed by atoms with Crippen molar-refractivity contribution in [2.24, 2.45) is 0 Å². The number of hydrogen-bond acceptors (Lipinski definition) is 8. The highest BCUT2D eigenvalue weighted by Crippen LogP contribution is 2.65. The van der Waals surface area contributed by atoms with Crippen molar-refractivity contribution in [1.82, 2.24) is 29.9 Å². The van der Waals surface area contributed by atoms with E-state index in [0.717, 1.165) is 123 Å². The van der Waals surface area contributed by atoms with E-state index >= 15 is 0 Å². The van der Waals surface area contributed by atoms with Crippen LogP contribution in [-0.2, 0) is 10.8 Å². The van der Waals surface area contributed by atoms with E-state index in [9.17, 15) is 0 Å². The Bertz CT molecular complexity index is 6930. The second-order valence-corrected chi connectivity index (χ2v) is 32.1. The van der Waals surface area contributed by atoms with Crippen molar-refractivity contribution in [3.05, 3.63) is 478 Å². The minimum Gasteiger partial charge on any atom is -0.457 e. The maximum atomic E-state index is 6.64. The molecule has 7 aliphatic rings. The summed E-state index contributed by atoms with van der Waals surface area (Å²) >= 11 is 0. The van der Waals surface area contributed by atoms with Crippen LogP contribution in [0.25, 0.3) is 135 Å². The van der Waals surface area contributed by atoms with Crippen molar-refractivity contribution >= 4 is 0 Å². The Morgan fingerprint density at radius 1 is 0.158 bits per heavy atom. The molecule has 2 unspecified atom stereocenters. The Balaban J connectivity index is 0.500. The number of hydrogen-bond donors (Lipinski definition) is 0. The summed E-state index contributed by atoms with van der Waals surface area (Å²) in [6.45, 7) is 0. The molecular formula is C112H68N6O2. The molecule has 19 aromatic rings. The third kappa shape index (κ3) is 10.2. The highest BCUT2D eigenvalue weighted by atomic mass is 16.5. The zero-order valence-corrected chi connectivity index (χ0v) is 64.8. The van der Waals surface area contributed by atoms with Crippen LogP contribution in [-0.4, -0.2) is 29.9 Å². The molecule has 26 rings (SSSR count). The fourth-order valence-corrected chi connectivity index (χ4v) is 20.6. The summed E-state index contributed by atoms with van der Waals surface area (Å²) in [4.78, 5) is 31.2. The van der Waals surface area contributed by atoms with Crippen LogP contribution in [0.5, 0.6) is 23.0 Å². The van der Waals surface area contributed by atoms with E-state index in [1.54, 1.807) is 0 Å². The molecule has 0 N–H and O–H groups in total. The van der Waals surface area contributed by atoms with Crippen LogP contribution in [0.4, 0.5) is 0 Å². The normalized spacial score (nSPS) is 14.8. The van der Waals surface area contributed by atoms with Gasteiger partial charge in [0.2, 0.25) is 0 Å². The van der Waals surface area contributed by atoms with Crippen LogP contribution in [0.3, 0.4) is 0 Å². The summed E-state index contributed by atoms with van der Waals surface area (Å²) in [7, 11) is 0. The van der Waals surface area contributed by atoms with Crippen molar-refractivity contribution < 1.29 is 9.47 Å². The number of nitrogens with zero attached hydrogens (tertiary/aromatic N) is 6. The molecule has 8 nitrogen and oxygen atoms in total. The lowest BCUT2D eigenvalue weighted by molar-refractivity contribution is 0.436. The fraction of sp³-hybridized carbons (Fsp3) is 0.0357. The maximum Gasteiger partial charge on any atom is 0.164 e. The number of rotatable bonds is 10. The van der Waals surface area contributed by atoms with Gasteiger partial charge in [-0.1, -0.05) is 352 Å². The first-order valence-corrected chi connectivity index (χ1v) is 41.1. The van der Waals surface area contributed by atoms with Gasteiger partial charge in [-0.3, -0.25) is 0 Å². The van der Waals surface area contributed by atoms with E-state index in [4.69, 9.17) is 39.4 Å². The van der Waals surface area contributed by atoms with Crippen molar-refractivity contribution in [2.75, 3.05) is 0 Å². The van der Waals surface area contributed by atoms with Crippen LogP contribution in [0.1, 0.15) is 89.7 Å². The maximum absolute atomic E-state index is 6.64. The van der Waals surface area contributed by atoms with E-state index in [2.05, 4.69) is 364 Å². The molecule has 0 fully saturated rings.